The second-order valence-electron chi connectivity index (χ2n) is 7.15. The lowest BCUT2D eigenvalue weighted by molar-refractivity contribution is 0.0773. The van der Waals surface area contributed by atoms with Crippen LogP contribution in [-0.4, -0.2) is 29.9 Å². The van der Waals surface area contributed by atoms with Gasteiger partial charge in [-0.25, -0.2) is 4.99 Å². The number of halogens is 1. The Morgan fingerprint density at radius 3 is 2.45 bits per heavy atom. The van der Waals surface area contributed by atoms with Gasteiger partial charge >= 0.3 is 0 Å². The lowest BCUT2D eigenvalue weighted by Gasteiger charge is -2.19. The van der Waals surface area contributed by atoms with Crippen LogP contribution in [0.25, 0.3) is 0 Å². The van der Waals surface area contributed by atoms with E-state index >= 15 is 0 Å². The lowest BCUT2D eigenvalue weighted by atomic mass is 9.90. The Labute approximate surface area is 190 Å². The van der Waals surface area contributed by atoms with E-state index in [0.717, 1.165) is 24.1 Å². The van der Waals surface area contributed by atoms with Crippen LogP contribution in [0.2, 0.25) is 0 Å². The number of fused-ring (bicyclic) bond motifs is 1. The summed E-state index contributed by atoms with van der Waals surface area (Å²) < 4.78 is 0. The highest BCUT2D eigenvalue weighted by molar-refractivity contribution is 14.0. The first-order valence-electron chi connectivity index (χ1n) is 10.2. The van der Waals surface area contributed by atoms with Gasteiger partial charge in [0.15, 0.2) is 5.96 Å². The van der Waals surface area contributed by atoms with E-state index in [1.807, 2.05) is 43.0 Å². The van der Waals surface area contributed by atoms with Crippen molar-refractivity contribution >= 4 is 41.5 Å². The van der Waals surface area contributed by atoms with Gasteiger partial charge in [0, 0.05) is 24.3 Å². The minimum absolute atomic E-state index is 0. The molecule has 0 unspecified atom stereocenters. The molecule has 1 aliphatic rings. The van der Waals surface area contributed by atoms with Crippen molar-refractivity contribution in [2.24, 2.45) is 10.7 Å². The summed E-state index contributed by atoms with van der Waals surface area (Å²) in [5.41, 5.74) is 11.7. The van der Waals surface area contributed by atoms with Crippen LogP contribution in [0.3, 0.4) is 0 Å². The molecule has 0 spiro atoms. The van der Waals surface area contributed by atoms with E-state index in [1.165, 1.54) is 24.0 Å². The highest BCUT2D eigenvalue weighted by Crippen LogP contribution is 2.27. The van der Waals surface area contributed by atoms with E-state index in [4.69, 9.17) is 5.73 Å². The fourth-order valence-corrected chi connectivity index (χ4v) is 3.70. The number of carbonyl (C=O) groups excluding carboxylic acids is 1. The number of guanidine groups is 1. The number of anilines is 1. The Kier molecular flexibility index (Phi) is 8.95. The first-order valence-corrected chi connectivity index (χ1v) is 10.2. The van der Waals surface area contributed by atoms with E-state index in [0.29, 0.717) is 31.2 Å². The monoisotopic (exact) mass is 506 g/mol. The second-order valence-corrected chi connectivity index (χ2v) is 7.15. The molecule has 0 heterocycles. The summed E-state index contributed by atoms with van der Waals surface area (Å²) in [7, 11) is 0. The number of nitrogens with one attached hydrogen (secondary N) is 1. The Hall–Kier alpha value is -2.09. The van der Waals surface area contributed by atoms with Gasteiger partial charge in [-0.1, -0.05) is 24.3 Å². The number of aryl methyl sites for hydroxylation is 1. The molecule has 0 aliphatic heterocycles. The number of carbonyl (C=O) groups is 1. The first kappa shape index (κ1) is 23.2. The Morgan fingerprint density at radius 2 is 1.76 bits per heavy atom. The zero-order valence-corrected chi connectivity index (χ0v) is 19.6. The van der Waals surface area contributed by atoms with Gasteiger partial charge in [-0.15, -0.1) is 24.0 Å². The Bertz CT molecular complexity index is 844. The van der Waals surface area contributed by atoms with E-state index in [2.05, 4.69) is 28.5 Å². The molecule has 2 aromatic rings. The number of nitrogens with zero attached hydrogens (tertiary/aromatic N) is 2. The van der Waals surface area contributed by atoms with Crippen molar-refractivity contribution < 1.29 is 4.79 Å². The third-order valence-corrected chi connectivity index (χ3v) is 5.34. The average Bonchev–Trinajstić information content (AvgIpc) is 2.74. The molecular weight excluding hydrogens is 475 g/mol. The molecule has 3 N–H and O–H groups in total. The second kappa shape index (κ2) is 11.2. The maximum Gasteiger partial charge on any atom is 0.253 e. The van der Waals surface area contributed by atoms with E-state index in [9.17, 15) is 4.79 Å². The number of aliphatic imine (C=N–C) groups is 1. The van der Waals surface area contributed by atoms with Gasteiger partial charge in [-0.05, 0) is 74.4 Å². The Morgan fingerprint density at radius 1 is 1.07 bits per heavy atom. The van der Waals surface area contributed by atoms with E-state index in [-0.39, 0.29) is 29.9 Å². The summed E-state index contributed by atoms with van der Waals surface area (Å²) >= 11 is 0. The van der Waals surface area contributed by atoms with Gasteiger partial charge in [0.25, 0.3) is 5.91 Å². The fraction of sp³-hybridized carbons (Fsp3) is 0.391. The van der Waals surface area contributed by atoms with E-state index < -0.39 is 0 Å². The predicted octanol–water partition coefficient (Wildman–Crippen LogP) is 4.59. The molecule has 0 saturated heterocycles. The molecule has 2 aromatic carbocycles. The van der Waals surface area contributed by atoms with E-state index in [1.54, 1.807) is 0 Å². The third-order valence-electron chi connectivity index (χ3n) is 5.34. The van der Waals surface area contributed by atoms with Crippen LogP contribution in [0.1, 0.15) is 53.7 Å². The summed E-state index contributed by atoms with van der Waals surface area (Å²) in [6.07, 6.45) is 4.71. The molecule has 0 fully saturated rings. The van der Waals surface area contributed by atoms with Crippen molar-refractivity contribution in [1.29, 1.82) is 0 Å². The molecule has 29 heavy (non-hydrogen) atoms. The van der Waals surface area contributed by atoms with Gasteiger partial charge in [0.2, 0.25) is 0 Å². The summed E-state index contributed by atoms with van der Waals surface area (Å²) in [4.78, 5) is 18.7. The highest BCUT2D eigenvalue weighted by atomic mass is 127. The fourth-order valence-electron chi connectivity index (χ4n) is 3.70. The normalized spacial score (nSPS) is 13.2. The molecule has 6 heteroatoms. The lowest BCUT2D eigenvalue weighted by Crippen LogP contribution is -2.30. The molecule has 0 atom stereocenters. The smallest absolute Gasteiger partial charge is 0.253 e. The number of benzene rings is 2. The highest BCUT2D eigenvalue weighted by Gasteiger charge is 2.13. The molecular formula is C23H31IN4O. The van der Waals surface area contributed by atoms with Crippen molar-refractivity contribution in [3.8, 4) is 0 Å². The van der Waals surface area contributed by atoms with Crippen LogP contribution in [0.5, 0.6) is 0 Å². The number of hydrogen-bond donors (Lipinski definition) is 2. The minimum atomic E-state index is 0. The van der Waals surface area contributed by atoms with Crippen LogP contribution < -0.4 is 11.1 Å². The zero-order valence-electron chi connectivity index (χ0n) is 17.3. The number of hydrogen-bond acceptors (Lipinski definition) is 2. The summed E-state index contributed by atoms with van der Waals surface area (Å²) in [6, 6.07) is 14.0. The van der Waals surface area contributed by atoms with Crippen molar-refractivity contribution in [3.63, 3.8) is 0 Å². The average molecular weight is 506 g/mol. The molecule has 5 nitrogen and oxygen atoms in total. The molecule has 156 valence electrons. The maximum absolute atomic E-state index is 12.4. The van der Waals surface area contributed by atoms with Gasteiger partial charge in [-0.3, -0.25) is 4.79 Å². The molecule has 3 rings (SSSR count). The minimum Gasteiger partial charge on any atom is -0.370 e. The van der Waals surface area contributed by atoms with Crippen LogP contribution in [0.4, 0.5) is 5.69 Å². The van der Waals surface area contributed by atoms with Crippen molar-refractivity contribution in [3.05, 3.63) is 64.7 Å². The molecule has 0 bridgehead atoms. The summed E-state index contributed by atoms with van der Waals surface area (Å²) in [5, 5.41) is 3.27. The number of nitrogens with two attached hydrogens (primary N) is 1. The van der Waals surface area contributed by atoms with Crippen molar-refractivity contribution in [2.75, 3.05) is 18.4 Å². The summed E-state index contributed by atoms with van der Waals surface area (Å²) in [6.45, 7) is 5.89. The van der Waals surface area contributed by atoms with Crippen LogP contribution in [0, 0.1) is 0 Å². The quantitative estimate of drug-likeness (QED) is 0.342. The SMILES string of the molecule is CCN(CC)C(=O)c1ccc(CN=C(N)Nc2cccc3c2CCCC3)cc1.I. The number of amides is 1. The molecule has 0 radical (unpaired) electrons. The first-order chi connectivity index (χ1) is 13.6. The van der Waals surface area contributed by atoms with Gasteiger partial charge in [0.05, 0.1) is 6.54 Å². The standard InChI is InChI=1S/C23H30N4O.HI/c1-3-27(4-2)22(28)19-14-12-17(13-15-19)16-25-23(24)26-21-11-7-9-18-8-5-6-10-20(18)21;/h7,9,11-15H,3-6,8,10,16H2,1-2H3,(H3,24,25,26);1H. The van der Waals surface area contributed by atoms with Crippen molar-refractivity contribution in [2.45, 2.75) is 46.1 Å². The summed E-state index contributed by atoms with van der Waals surface area (Å²) in [5.74, 6) is 0.484. The van der Waals surface area contributed by atoms with Gasteiger partial charge in [0.1, 0.15) is 0 Å². The molecule has 1 amide bonds. The molecule has 0 saturated carbocycles. The topological polar surface area (TPSA) is 70.7 Å². The maximum atomic E-state index is 12.4. The van der Waals surface area contributed by atoms with Crippen molar-refractivity contribution in [1.82, 2.24) is 4.90 Å². The Balaban J connectivity index is 0.00000300. The van der Waals surface area contributed by atoms with Crippen LogP contribution >= 0.6 is 24.0 Å². The number of rotatable bonds is 6. The predicted molar refractivity (Wildman–Crippen MR) is 131 cm³/mol. The zero-order chi connectivity index (χ0) is 19.9. The third kappa shape index (κ3) is 5.95. The molecule has 0 aromatic heterocycles. The van der Waals surface area contributed by atoms with Gasteiger partial charge < -0.3 is 16.0 Å². The van der Waals surface area contributed by atoms with Gasteiger partial charge in [-0.2, -0.15) is 0 Å². The largest absolute Gasteiger partial charge is 0.370 e. The van der Waals surface area contributed by atoms with Crippen LogP contribution in [-0.2, 0) is 19.4 Å². The van der Waals surface area contributed by atoms with Crippen LogP contribution in [0.15, 0.2) is 47.5 Å². The molecule has 1 aliphatic carbocycles.